The lowest BCUT2D eigenvalue weighted by Gasteiger charge is -2.30. The van der Waals surface area contributed by atoms with E-state index >= 15 is 0 Å². The molecule has 0 aromatic heterocycles. The van der Waals surface area contributed by atoms with Crippen LogP contribution in [-0.2, 0) is 14.3 Å². The van der Waals surface area contributed by atoms with Gasteiger partial charge in [-0.25, -0.2) is 0 Å². The smallest absolute Gasteiger partial charge is 0.313 e. The average molecular weight is 331 g/mol. The van der Waals surface area contributed by atoms with Crippen molar-refractivity contribution in [2.75, 3.05) is 36.5 Å². The van der Waals surface area contributed by atoms with E-state index in [1.54, 1.807) is 0 Å². The zero-order chi connectivity index (χ0) is 16.8. The molecule has 2 aliphatic rings. The van der Waals surface area contributed by atoms with Crippen LogP contribution in [0.5, 0.6) is 0 Å². The maximum atomic E-state index is 12.3. The molecule has 2 fully saturated rings. The van der Waals surface area contributed by atoms with Crippen molar-refractivity contribution in [3.8, 4) is 0 Å². The van der Waals surface area contributed by atoms with Gasteiger partial charge < -0.3 is 20.3 Å². The summed E-state index contributed by atoms with van der Waals surface area (Å²) in [6.07, 6.45) is 5.37. The summed E-state index contributed by atoms with van der Waals surface area (Å²) >= 11 is 0. The lowest BCUT2D eigenvalue weighted by Crippen LogP contribution is -2.43. The third kappa shape index (κ3) is 4.26. The number of ether oxygens (including phenoxy) is 1. The number of para-hydroxylation sites is 2. The van der Waals surface area contributed by atoms with Gasteiger partial charge in [0.2, 0.25) is 0 Å². The van der Waals surface area contributed by atoms with E-state index in [1.165, 1.54) is 6.42 Å². The van der Waals surface area contributed by atoms with Gasteiger partial charge in [0.1, 0.15) is 0 Å². The summed E-state index contributed by atoms with van der Waals surface area (Å²) < 4.78 is 5.37. The molecule has 0 radical (unpaired) electrons. The van der Waals surface area contributed by atoms with E-state index in [4.69, 9.17) is 4.74 Å². The van der Waals surface area contributed by atoms with Crippen LogP contribution in [0.1, 0.15) is 32.1 Å². The molecule has 1 aliphatic heterocycles. The van der Waals surface area contributed by atoms with Crippen molar-refractivity contribution in [2.45, 2.75) is 38.1 Å². The number of rotatable bonds is 3. The van der Waals surface area contributed by atoms with Crippen LogP contribution >= 0.6 is 0 Å². The van der Waals surface area contributed by atoms with Crippen molar-refractivity contribution in [3.63, 3.8) is 0 Å². The third-order valence-corrected chi connectivity index (χ3v) is 4.65. The molecule has 0 bridgehead atoms. The van der Waals surface area contributed by atoms with Gasteiger partial charge in [-0.3, -0.25) is 9.59 Å². The van der Waals surface area contributed by atoms with Crippen LogP contribution in [0.2, 0.25) is 0 Å². The van der Waals surface area contributed by atoms with Crippen molar-refractivity contribution in [3.05, 3.63) is 24.3 Å². The summed E-state index contributed by atoms with van der Waals surface area (Å²) in [7, 11) is 0. The Balaban J connectivity index is 1.62. The van der Waals surface area contributed by atoms with Gasteiger partial charge in [0.25, 0.3) is 0 Å². The number of benzene rings is 1. The van der Waals surface area contributed by atoms with Crippen LogP contribution in [0.3, 0.4) is 0 Å². The molecule has 1 aromatic carbocycles. The molecule has 0 atom stereocenters. The lowest BCUT2D eigenvalue weighted by molar-refractivity contribution is -0.136. The number of nitrogens with zero attached hydrogens (tertiary/aromatic N) is 1. The normalized spacial score (nSPS) is 18.9. The van der Waals surface area contributed by atoms with E-state index in [9.17, 15) is 9.59 Å². The Morgan fingerprint density at radius 3 is 2.46 bits per heavy atom. The van der Waals surface area contributed by atoms with E-state index in [-0.39, 0.29) is 6.04 Å². The van der Waals surface area contributed by atoms with Crippen LogP contribution < -0.4 is 15.5 Å². The lowest BCUT2D eigenvalue weighted by atomic mass is 9.95. The van der Waals surface area contributed by atoms with Crippen molar-refractivity contribution in [1.82, 2.24) is 5.32 Å². The minimum Gasteiger partial charge on any atom is -0.378 e. The van der Waals surface area contributed by atoms with Gasteiger partial charge in [-0.15, -0.1) is 0 Å². The fourth-order valence-electron chi connectivity index (χ4n) is 3.34. The Kier molecular flexibility index (Phi) is 5.69. The molecule has 0 spiro atoms. The summed E-state index contributed by atoms with van der Waals surface area (Å²) in [5, 5.41) is 5.62. The quantitative estimate of drug-likeness (QED) is 0.830. The van der Waals surface area contributed by atoms with Crippen molar-refractivity contribution in [1.29, 1.82) is 0 Å². The second kappa shape index (κ2) is 8.15. The van der Waals surface area contributed by atoms with Gasteiger partial charge in [0, 0.05) is 19.1 Å². The van der Waals surface area contributed by atoms with Gasteiger partial charge >= 0.3 is 11.8 Å². The second-order valence-electron chi connectivity index (χ2n) is 6.38. The Morgan fingerprint density at radius 2 is 1.71 bits per heavy atom. The van der Waals surface area contributed by atoms with Gasteiger partial charge in [-0.05, 0) is 25.0 Å². The van der Waals surface area contributed by atoms with Crippen LogP contribution in [-0.4, -0.2) is 44.2 Å². The van der Waals surface area contributed by atoms with Crippen molar-refractivity contribution >= 4 is 23.2 Å². The molecule has 1 saturated heterocycles. The maximum absolute atomic E-state index is 12.3. The molecule has 130 valence electrons. The fourth-order valence-corrected chi connectivity index (χ4v) is 3.34. The largest absolute Gasteiger partial charge is 0.378 e. The molecule has 0 unspecified atom stereocenters. The molecule has 24 heavy (non-hydrogen) atoms. The van der Waals surface area contributed by atoms with Gasteiger partial charge in [0.15, 0.2) is 0 Å². The molecular weight excluding hydrogens is 306 g/mol. The number of amides is 2. The van der Waals surface area contributed by atoms with E-state index < -0.39 is 11.8 Å². The molecule has 6 nitrogen and oxygen atoms in total. The molecule has 1 heterocycles. The molecule has 1 saturated carbocycles. The fraction of sp³-hybridized carbons (Fsp3) is 0.556. The maximum Gasteiger partial charge on any atom is 0.313 e. The Labute approximate surface area is 142 Å². The van der Waals surface area contributed by atoms with Crippen LogP contribution in [0.4, 0.5) is 11.4 Å². The summed E-state index contributed by atoms with van der Waals surface area (Å²) in [6.45, 7) is 2.90. The topological polar surface area (TPSA) is 70.7 Å². The second-order valence-corrected chi connectivity index (χ2v) is 6.38. The van der Waals surface area contributed by atoms with Crippen LogP contribution in [0, 0.1) is 0 Å². The van der Waals surface area contributed by atoms with Gasteiger partial charge in [0.05, 0.1) is 24.6 Å². The first-order valence-corrected chi connectivity index (χ1v) is 8.77. The van der Waals surface area contributed by atoms with Crippen molar-refractivity contribution in [2.24, 2.45) is 0 Å². The number of anilines is 2. The number of morpholine rings is 1. The number of carbonyl (C=O) groups excluding carboxylic acids is 2. The van der Waals surface area contributed by atoms with E-state index in [1.807, 2.05) is 24.3 Å². The molecule has 6 heteroatoms. The first-order valence-electron chi connectivity index (χ1n) is 8.77. The standard InChI is InChI=1S/C18H25N3O3/c22-17(19-14-6-2-1-3-7-14)18(23)20-15-8-4-5-9-16(15)21-10-12-24-13-11-21/h4-5,8-9,14H,1-3,6-7,10-13H2,(H,19,22)(H,20,23). The van der Waals surface area contributed by atoms with Crippen molar-refractivity contribution < 1.29 is 14.3 Å². The first kappa shape index (κ1) is 16.8. The Hall–Kier alpha value is -2.08. The molecule has 2 amide bonds. The van der Waals surface area contributed by atoms with Gasteiger partial charge in [-0.2, -0.15) is 0 Å². The molecule has 3 rings (SSSR count). The molecular formula is C18H25N3O3. The summed E-state index contributed by atoms with van der Waals surface area (Å²) in [5.41, 5.74) is 1.60. The van der Waals surface area contributed by atoms with Crippen LogP contribution in [0.15, 0.2) is 24.3 Å². The highest BCUT2D eigenvalue weighted by atomic mass is 16.5. The SMILES string of the molecule is O=C(Nc1ccccc1N1CCOCC1)C(=O)NC1CCCCC1. The minimum absolute atomic E-state index is 0.131. The van der Waals surface area contributed by atoms with Gasteiger partial charge in [-0.1, -0.05) is 31.4 Å². The first-order chi connectivity index (χ1) is 11.7. The molecule has 1 aliphatic carbocycles. The summed E-state index contributed by atoms with van der Waals surface area (Å²) in [5.74, 6) is -1.14. The minimum atomic E-state index is -0.596. The van der Waals surface area contributed by atoms with E-state index in [0.717, 1.165) is 44.5 Å². The predicted molar refractivity (Wildman–Crippen MR) is 93.1 cm³/mol. The number of hydrogen-bond donors (Lipinski definition) is 2. The Morgan fingerprint density at radius 1 is 1.00 bits per heavy atom. The monoisotopic (exact) mass is 331 g/mol. The number of carbonyl (C=O) groups is 2. The third-order valence-electron chi connectivity index (χ3n) is 4.65. The highest BCUT2D eigenvalue weighted by Crippen LogP contribution is 2.26. The zero-order valence-electron chi connectivity index (χ0n) is 13.9. The van der Waals surface area contributed by atoms with E-state index in [2.05, 4.69) is 15.5 Å². The van der Waals surface area contributed by atoms with E-state index in [0.29, 0.717) is 18.9 Å². The highest BCUT2D eigenvalue weighted by molar-refractivity contribution is 6.40. The van der Waals surface area contributed by atoms with Crippen LogP contribution in [0.25, 0.3) is 0 Å². The molecule has 2 N–H and O–H groups in total. The highest BCUT2D eigenvalue weighted by Gasteiger charge is 2.22. The summed E-state index contributed by atoms with van der Waals surface area (Å²) in [6, 6.07) is 7.71. The Bertz CT molecular complexity index is 579. The molecule has 1 aromatic rings. The average Bonchev–Trinajstić information content (AvgIpc) is 2.63. The predicted octanol–water partition coefficient (Wildman–Crippen LogP) is 1.91. The zero-order valence-corrected chi connectivity index (χ0v) is 13.9. The number of nitrogens with one attached hydrogen (secondary N) is 2. The number of hydrogen-bond acceptors (Lipinski definition) is 4. The summed E-state index contributed by atoms with van der Waals surface area (Å²) in [4.78, 5) is 26.6.